The summed E-state index contributed by atoms with van der Waals surface area (Å²) < 4.78 is 10.6. The number of nitrogens with one attached hydrogen (secondary N) is 3. The highest BCUT2D eigenvalue weighted by molar-refractivity contribution is 5.96. The van der Waals surface area contributed by atoms with E-state index in [1.54, 1.807) is 42.5 Å². The predicted molar refractivity (Wildman–Crippen MR) is 104 cm³/mol. The third-order valence-electron chi connectivity index (χ3n) is 4.07. The highest BCUT2D eigenvalue weighted by atomic mass is 16.6. The van der Waals surface area contributed by atoms with E-state index in [-0.39, 0.29) is 5.69 Å². The standard InChI is InChI=1S/C20H18N4O5/c1-11(18(25)22-14-5-8-16-17(9-14)24-20(27)23-16)29-19(26)12(2)28-15-6-3-13(10-21)4-7-15/h3-9,11-12H,1-2H3,(H,22,25)(H2,23,24,27)/t11-,12+/m1/s1. The molecular weight excluding hydrogens is 376 g/mol. The minimum atomic E-state index is -1.06. The molecule has 0 bridgehead atoms. The number of ether oxygens (including phenoxy) is 2. The van der Waals surface area contributed by atoms with Crippen molar-refractivity contribution in [2.45, 2.75) is 26.1 Å². The second kappa shape index (κ2) is 8.31. The van der Waals surface area contributed by atoms with Crippen molar-refractivity contribution in [2.75, 3.05) is 5.32 Å². The monoisotopic (exact) mass is 394 g/mol. The smallest absolute Gasteiger partial charge is 0.347 e. The molecule has 0 spiro atoms. The van der Waals surface area contributed by atoms with Crippen molar-refractivity contribution >= 4 is 28.6 Å². The number of aromatic nitrogens is 2. The second-order valence-corrected chi connectivity index (χ2v) is 6.30. The van der Waals surface area contributed by atoms with E-state index in [1.165, 1.54) is 13.8 Å². The number of anilines is 1. The number of hydrogen-bond acceptors (Lipinski definition) is 6. The Morgan fingerprint density at radius 3 is 2.41 bits per heavy atom. The number of esters is 1. The summed E-state index contributed by atoms with van der Waals surface area (Å²) in [7, 11) is 0. The fourth-order valence-corrected chi connectivity index (χ4v) is 2.54. The van der Waals surface area contributed by atoms with Crippen molar-refractivity contribution in [3.05, 3.63) is 58.5 Å². The van der Waals surface area contributed by atoms with Crippen molar-refractivity contribution in [3.8, 4) is 11.8 Å². The molecule has 0 aliphatic rings. The van der Waals surface area contributed by atoms with Gasteiger partial charge in [0.2, 0.25) is 0 Å². The molecule has 0 saturated heterocycles. The zero-order valence-corrected chi connectivity index (χ0v) is 15.7. The number of nitriles is 1. The zero-order valence-electron chi connectivity index (χ0n) is 15.7. The van der Waals surface area contributed by atoms with E-state index in [0.29, 0.717) is 28.0 Å². The maximum Gasteiger partial charge on any atom is 0.347 e. The van der Waals surface area contributed by atoms with Crippen LogP contribution in [0, 0.1) is 11.3 Å². The highest BCUT2D eigenvalue weighted by Gasteiger charge is 2.23. The van der Waals surface area contributed by atoms with Crippen LogP contribution in [-0.4, -0.2) is 34.1 Å². The molecule has 0 unspecified atom stereocenters. The molecule has 0 aliphatic carbocycles. The number of aromatic amines is 2. The van der Waals surface area contributed by atoms with Crippen molar-refractivity contribution in [3.63, 3.8) is 0 Å². The van der Waals surface area contributed by atoms with Crippen LogP contribution in [0.3, 0.4) is 0 Å². The van der Waals surface area contributed by atoms with Crippen molar-refractivity contribution in [1.29, 1.82) is 5.26 Å². The van der Waals surface area contributed by atoms with Gasteiger partial charge in [0.15, 0.2) is 12.2 Å². The lowest BCUT2D eigenvalue weighted by atomic mass is 10.2. The molecule has 9 heteroatoms. The number of rotatable bonds is 6. The number of amides is 1. The number of fused-ring (bicyclic) bond motifs is 1. The molecule has 0 aliphatic heterocycles. The van der Waals surface area contributed by atoms with Crippen molar-refractivity contribution < 1.29 is 19.1 Å². The number of benzene rings is 2. The first kappa shape index (κ1) is 19.7. The summed E-state index contributed by atoms with van der Waals surface area (Å²) in [5, 5.41) is 11.4. The van der Waals surface area contributed by atoms with Crippen LogP contribution in [0.25, 0.3) is 11.0 Å². The summed E-state index contributed by atoms with van der Waals surface area (Å²) in [5.74, 6) is -0.831. The minimum absolute atomic E-state index is 0.345. The van der Waals surface area contributed by atoms with Crippen LogP contribution in [0.5, 0.6) is 5.75 Å². The molecule has 29 heavy (non-hydrogen) atoms. The van der Waals surface area contributed by atoms with E-state index < -0.39 is 24.1 Å². The lowest BCUT2D eigenvalue weighted by Crippen LogP contribution is -2.35. The maximum absolute atomic E-state index is 12.3. The molecule has 1 amide bonds. The SMILES string of the molecule is C[C@H](Oc1ccc(C#N)cc1)C(=O)O[C@H](C)C(=O)Nc1ccc2[nH]c(=O)[nH]c2c1. The average molecular weight is 394 g/mol. The van der Waals surface area contributed by atoms with Crippen LogP contribution in [0.15, 0.2) is 47.3 Å². The van der Waals surface area contributed by atoms with Gasteiger partial charge in [0.05, 0.1) is 22.7 Å². The number of imidazole rings is 1. The molecule has 0 radical (unpaired) electrons. The molecular formula is C20H18N4O5. The third kappa shape index (κ3) is 4.81. The Balaban J connectivity index is 1.56. The Kier molecular flexibility index (Phi) is 5.64. The van der Waals surface area contributed by atoms with Gasteiger partial charge in [-0.2, -0.15) is 5.26 Å². The minimum Gasteiger partial charge on any atom is -0.479 e. The molecule has 3 rings (SSSR count). The van der Waals surface area contributed by atoms with Gasteiger partial charge in [-0.3, -0.25) is 4.79 Å². The van der Waals surface area contributed by atoms with Gasteiger partial charge in [-0.15, -0.1) is 0 Å². The number of nitrogens with zero attached hydrogens (tertiary/aromatic N) is 1. The Labute approximate surface area is 165 Å². The molecule has 1 heterocycles. The third-order valence-corrected chi connectivity index (χ3v) is 4.07. The summed E-state index contributed by atoms with van der Waals surface area (Å²) in [6, 6.07) is 13.1. The van der Waals surface area contributed by atoms with Crippen LogP contribution < -0.4 is 15.7 Å². The van der Waals surface area contributed by atoms with Crippen molar-refractivity contribution in [2.24, 2.45) is 0 Å². The first-order valence-electron chi connectivity index (χ1n) is 8.76. The van der Waals surface area contributed by atoms with E-state index >= 15 is 0 Å². The lowest BCUT2D eigenvalue weighted by Gasteiger charge is -2.18. The number of H-pyrrole nitrogens is 2. The van der Waals surface area contributed by atoms with Crippen LogP contribution in [0.1, 0.15) is 19.4 Å². The molecule has 0 fully saturated rings. The van der Waals surface area contributed by atoms with Gasteiger partial charge in [0, 0.05) is 5.69 Å². The Bertz CT molecular complexity index is 1140. The second-order valence-electron chi connectivity index (χ2n) is 6.30. The maximum atomic E-state index is 12.3. The summed E-state index contributed by atoms with van der Waals surface area (Å²) in [5.41, 5.74) is 1.73. The molecule has 9 nitrogen and oxygen atoms in total. The van der Waals surface area contributed by atoms with E-state index in [9.17, 15) is 14.4 Å². The normalized spacial score (nSPS) is 12.6. The summed E-state index contributed by atoms with van der Waals surface area (Å²) in [6.45, 7) is 2.94. The molecule has 3 N–H and O–H groups in total. The molecule has 3 aromatic rings. The van der Waals surface area contributed by atoms with E-state index in [1.807, 2.05) is 6.07 Å². The number of carbonyl (C=O) groups excluding carboxylic acids is 2. The quantitative estimate of drug-likeness (QED) is 0.547. The van der Waals surface area contributed by atoms with Gasteiger partial charge < -0.3 is 24.8 Å². The van der Waals surface area contributed by atoms with Gasteiger partial charge in [0.25, 0.3) is 5.91 Å². The average Bonchev–Trinajstić information content (AvgIpc) is 3.07. The van der Waals surface area contributed by atoms with Gasteiger partial charge in [0.1, 0.15) is 5.75 Å². The molecule has 0 saturated carbocycles. The molecule has 1 aromatic heterocycles. The predicted octanol–water partition coefficient (Wildman–Crippen LogP) is 2.07. The first-order chi connectivity index (χ1) is 13.9. The fourth-order valence-electron chi connectivity index (χ4n) is 2.54. The zero-order chi connectivity index (χ0) is 21.0. The summed E-state index contributed by atoms with van der Waals surface area (Å²) >= 11 is 0. The molecule has 2 atom stereocenters. The van der Waals surface area contributed by atoms with Crippen LogP contribution >= 0.6 is 0 Å². The van der Waals surface area contributed by atoms with Crippen molar-refractivity contribution in [1.82, 2.24) is 9.97 Å². The molecule has 148 valence electrons. The Hall–Kier alpha value is -4.06. The lowest BCUT2D eigenvalue weighted by molar-refractivity contribution is -0.159. The number of hydrogen-bond donors (Lipinski definition) is 3. The van der Waals surface area contributed by atoms with E-state index in [4.69, 9.17) is 14.7 Å². The Morgan fingerprint density at radius 2 is 1.72 bits per heavy atom. The largest absolute Gasteiger partial charge is 0.479 e. The van der Waals surface area contributed by atoms with Gasteiger partial charge in [-0.25, -0.2) is 9.59 Å². The topological polar surface area (TPSA) is 137 Å². The Morgan fingerprint density at radius 1 is 1.03 bits per heavy atom. The summed E-state index contributed by atoms with van der Waals surface area (Å²) in [4.78, 5) is 41.0. The van der Waals surface area contributed by atoms with Crippen LogP contribution in [0.2, 0.25) is 0 Å². The van der Waals surface area contributed by atoms with E-state index in [2.05, 4.69) is 15.3 Å². The van der Waals surface area contributed by atoms with Gasteiger partial charge in [-0.05, 0) is 56.3 Å². The highest BCUT2D eigenvalue weighted by Crippen LogP contribution is 2.16. The number of carbonyl (C=O) groups is 2. The fraction of sp³-hybridized carbons (Fsp3) is 0.200. The van der Waals surface area contributed by atoms with Gasteiger partial charge in [-0.1, -0.05) is 0 Å². The van der Waals surface area contributed by atoms with Crippen LogP contribution in [0.4, 0.5) is 5.69 Å². The first-order valence-corrected chi connectivity index (χ1v) is 8.76. The van der Waals surface area contributed by atoms with Gasteiger partial charge >= 0.3 is 11.7 Å². The van der Waals surface area contributed by atoms with E-state index in [0.717, 1.165) is 0 Å². The van der Waals surface area contributed by atoms with Crippen LogP contribution in [-0.2, 0) is 14.3 Å². The summed E-state index contributed by atoms with van der Waals surface area (Å²) in [6.07, 6.45) is -2.00. The molecule has 2 aromatic carbocycles.